The van der Waals surface area contributed by atoms with Crippen LogP contribution in [0.5, 0.6) is 0 Å². The van der Waals surface area contributed by atoms with Gasteiger partial charge in [0.15, 0.2) is 0 Å². The molecule has 1 unspecified atom stereocenters. The molecular weight excluding hydrogens is 439 g/mol. The lowest BCUT2D eigenvalue weighted by Crippen LogP contribution is -2.37. The van der Waals surface area contributed by atoms with E-state index in [4.69, 9.17) is 11.6 Å². The van der Waals surface area contributed by atoms with Gasteiger partial charge in [-0.25, -0.2) is 4.98 Å². The number of carbonyl (C=O) groups excluding carboxylic acids is 1. The highest BCUT2D eigenvalue weighted by Gasteiger charge is 2.34. The molecule has 0 N–H and O–H groups in total. The van der Waals surface area contributed by atoms with Gasteiger partial charge in [-0.15, -0.1) is 11.3 Å². The molecule has 1 saturated heterocycles. The average Bonchev–Trinajstić information content (AvgIpc) is 3.37. The van der Waals surface area contributed by atoms with Gasteiger partial charge in [-0.2, -0.15) is 13.2 Å². The summed E-state index contributed by atoms with van der Waals surface area (Å²) in [7, 11) is 0. The van der Waals surface area contributed by atoms with Crippen molar-refractivity contribution in [1.29, 1.82) is 0 Å². The van der Waals surface area contributed by atoms with Gasteiger partial charge in [0.1, 0.15) is 10.9 Å². The molecule has 0 spiro atoms. The highest BCUT2D eigenvalue weighted by atomic mass is 35.5. The lowest BCUT2D eigenvalue weighted by molar-refractivity contribution is -0.137. The van der Waals surface area contributed by atoms with Gasteiger partial charge in [0.05, 0.1) is 22.3 Å². The van der Waals surface area contributed by atoms with Gasteiger partial charge < -0.3 is 4.90 Å². The molecule has 3 aromatic rings. The molecule has 2 aromatic heterocycles. The summed E-state index contributed by atoms with van der Waals surface area (Å²) in [5.41, 5.74) is -0.874. The van der Waals surface area contributed by atoms with E-state index in [1.807, 2.05) is 0 Å². The SMILES string of the molecule is CC(C(=O)N1CCCC1)n1cnc2scc(-c3ccc(Cl)c(C(F)(F)F)c3)c2c1=O. The average molecular weight is 456 g/mol. The summed E-state index contributed by atoms with van der Waals surface area (Å²) in [6.45, 7) is 2.94. The molecule has 0 bridgehead atoms. The number of likely N-dealkylation sites (tertiary alicyclic amines) is 1. The van der Waals surface area contributed by atoms with Crippen molar-refractivity contribution in [3.63, 3.8) is 0 Å². The predicted molar refractivity (Wildman–Crippen MR) is 110 cm³/mol. The summed E-state index contributed by atoms with van der Waals surface area (Å²) in [5.74, 6) is -0.168. The van der Waals surface area contributed by atoms with Crippen LogP contribution in [0.4, 0.5) is 13.2 Å². The summed E-state index contributed by atoms with van der Waals surface area (Å²) >= 11 is 6.88. The van der Waals surface area contributed by atoms with Crippen molar-refractivity contribution in [2.45, 2.75) is 32.0 Å². The van der Waals surface area contributed by atoms with Crippen molar-refractivity contribution in [2.75, 3.05) is 13.1 Å². The summed E-state index contributed by atoms with van der Waals surface area (Å²) in [6.07, 6.45) is -1.44. The molecule has 1 atom stereocenters. The van der Waals surface area contributed by atoms with Gasteiger partial charge in [0.25, 0.3) is 5.56 Å². The first-order chi connectivity index (χ1) is 14.2. The van der Waals surface area contributed by atoms with E-state index in [1.165, 1.54) is 17.0 Å². The summed E-state index contributed by atoms with van der Waals surface area (Å²) in [5, 5.41) is 1.38. The normalized spacial score (nSPS) is 15.7. The summed E-state index contributed by atoms with van der Waals surface area (Å²) < 4.78 is 41.1. The van der Waals surface area contributed by atoms with Crippen LogP contribution in [0.25, 0.3) is 21.3 Å². The summed E-state index contributed by atoms with van der Waals surface area (Å²) in [6, 6.07) is 2.78. The Morgan fingerprint density at radius 3 is 2.63 bits per heavy atom. The van der Waals surface area contributed by atoms with Crippen molar-refractivity contribution in [2.24, 2.45) is 0 Å². The number of fused-ring (bicyclic) bond motifs is 1. The molecule has 0 radical (unpaired) electrons. The van der Waals surface area contributed by atoms with Gasteiger partial charge in [-0.05, 0) is 37.5 Å². The summed E-state index contributed by atoms with van der Waals surface area (Å²) in [4.78, 5) is 32.3. The zero-order chi connectivity index (χ0) is 21.6. The molecule has 10 heteroatoms. The Morgan fingerprint density at radius 2 is 1.97 bits per heavy atom. The van der Waals surface area contributed by atoms with Gasteiger partial charge in [-0.3, -0.25) is 14.2 Å². The Morgan fingerprint density at radius 1 is 1.27 bits per heavy atom. The molecule has 5 nitrogen and oxygen atoms in total. The number of rotatable bonds is 3. The number of alkyl halides is 3. The molecule has 1 amide bonds. The highest BCUT2D eigenvalue weighted by molar-refractivity contribution is 7.17. The molecule has 1 aromatic carbocycles. The van der Waals surface area contributed by atoms with E-state index in [1.54, 1.807) is 17.2 Å². The van der Waals surface area contributed by atoms with E-state index < -0.39 is 28.4 Å². The maximum Gasteiger partial charge on any atom is 0.417 e. The van der Waals surface area contributed by atoms with Crippen molar-refractivity contribution in [3.05, 3.63) is 50.8 Å². The van der Waals surface area contributed by atoms with Gasteiger partial charge >= 0.3 is 6.18 Å². The zero-order valence-corrected chi connectivity index (χ0v) is 17.4. The number of aromatic nitrogens is 2. The fourth-order valence-electron chi connectivity index (χ4n) is 3.66. The Balaban J connectivity index is 1.81. The number of thiophene rings is 1. The number of amides is 1. The highest BCUT2D eigenvalue weighted by Crippen LogP contribution is 2.39. The second-order valence-electron chi connectivity index (χ2n) is 7.19. The minimum atomic E-state index is -4.62. The first kappa shape index (κ1) is 20.9. The molecule has 3 heterocycles. The van der Waals surface area contributed by atoms with E-state index in [2.05, 4.69) is 4.98 Å². The van der Waals surface area contributed by atoms with E-state index in [0.717, 1.165) is 36.3 Å². The van der Waals surface area contributed by atoms with Crippen LogP contribution in [0.15, 0.2) is 34.7 Å². The smallest absolute Gasteiger partial charge is 0.341 e. The van der Waals surface area contributed by atoms with Gasteiger partial charge in [-0.1, -0.05) is 17.7 Å². The number of halogens is 4. The van der Waals surface area contributed by atoms with E-state index in [0.29, 0.717) is 23.5 Å². The first-order valence-electron chi connectivity index (χ1n) is 9.32. The lowest BCUT2D eigenvalue weighted by Gasteiger charge is -2.21. The van der Waals surface area contributed by atoms with E-state index in [9.17, 15) is 22.8 Å². The quantitative estimate of drug-likeness (QED) is 0.559. The monoisotopic (exact) mass is 455 g/mol. The van der Waals surface area contributed by atoms with Crippen LogP contribution in [-0.2, 0) is 11.0 Å². The van der Waals surface area contributed by atoms with E-state index >= 15 is 0 Å². The lowest BCUT2D eigenvalue weighted by atomic mass is 10.0. The van der Waals surface area contributed by atoms with Gasteiger partial charge in [0.2, 0.25) is 5.91 Å². The van der Waals surface area contributed by atoms with Crippen LogP contribution >= 0.6 is 22.9 Å². The fourth-order valence-corrected chi connectivity index (χ4v) is 4.80. The van der Waals surface area contributed by atoms with Crippen LogP contribution in [0.3, 0.4) is 0 Å². The molecule has 4 rings (SSSR count). The maximum absolute atomic E-state index is 13.3. The third-order valence-electron chi connectivity index (χ3n) is 5.29. The van der Waals surface area contributed by atoms with Crippen molar-refractivity contribution < 1.29 is 18.0 Å². The Bertz CT molecular complexity index is 1180. The van der Waals surface area contributed by atoms with Crippen LogP contribution in [0.1, 0.15) is 31.4 Å². The zero-order valence-electron chi connectivity index (χ0n) is 15.9. The molecule has 1 aliphatic heterocycles. The topological polar surface area (TPSA) is 55.2 Å². The first-order valence-corrected chi connectivity index (χ1v) is 10.6. The minimum absolute atomic E-state index is 0.168. The van der Waals surface area contributed by atoms with Crippen molar-refractivity contribution in [3.8, 4) is 11.1 Å². The fraction of sp³-hybridized carbons (Fsp3) is 0.350. The second-order valence-corrected chi connectivity index (χ2v) is 8.45. The van der Waals surface area contributed by atoms with Crippen LogP contribution in [0, 0.1) is 0 Å². The predicted octanol–water partition coefficient (Wildman–Crippen LogP) is 4.98. The Labute approximate surface area is 178 Å². The maximum atomic E-state index is 13.3. The van der Waals surface area contributed by atoms with Crippen molar-refractivity contribution >= 4 is 39.1 Å². The molecule has 30 heavy (non-hydrogen) atoms. The molecule has 0 saturated carbocycles. The van der Waals surface area contributed by atoms with Crippen LogP contribution in [-0.4, -0.2) is 33.4 Å². The molecular formula is C20H17ClF3N3O2S. The largest absolute Gasteiger partial charge is 0.417 e. The van der Waals surface area contributed by atoms with Gasteiger partial charge in [0, 0.05) is 24.0 Å². The third-order valence-corrected chi connectivity index (χ3v) is 6.51. The minimum Gasteiger partial charge on any atom is -0.341 e. The van der Waals surface area contributed by atoms with Crippen LogP contribution in [0.2, 0.25) is 5.02 Å². The standard InChI is InChI=1S/C20H17ClF3N3O2S/c1-11(18(28)26-6-2-3-7-26)27-10-25-17-16(19(27)29)13(9-30-17)12-4-5-15(21)14(8-12)20(22,23)24/h4-5,8-11H,2-3,6-7H2,1H3. The third kappa shape index (κ3) is 3.60. The molecule has 158 valence electrons. The number of hydrogen-bond acceptors (Lipinski definition) is 4. The van der Waals surface area contributed by atoms with Crippen LogP contribution < -0.4 is 5.56 Å². The number of carbonyl (C=O) groups is 1. The number of hydrogen-bond donors (Lipinski definition) is 0. The van der Waals surface area contributed by atoms with E-state index in [-0.39, 0.29) is 16.9 Å². The number of benzene rings is 1. The Kier molecular flexibility index (Phi) is 5.36. The van der Waals surface area contributed by atoms with Crippen molar-refractivity contribution in [1.82, 2.24) is 14.5 Å². The number of nitrogens with zero attached hydrogens (tertiary/aromatic N) is 3. The second kappa shape index (κ2) is 7.70. The Hall–Kier alpha value is -2.39. The molecule has 0 aliphatic carbocycles. The molecule has 1 fully saturated rings. The molecule has 1 aliphatic rings.